The maximum absolute atomic E-state index is 5.28. The standard InChI is InChI=1S/C15H18BrN3O/c1-5-11-13(16)15(17-3)19-14(18-11)10-6-7-12(20-4)9(2)8-10/h6-8H,5H2,1-4H3,(H,17,18,19). The number of nitrogens with zero attached hydrogens (tertiary/aromatic N) is 2. The fraction of sp³-hybridized carbons (Fsp3) is 0.333. The summed E-state index contributed by atoms with van der Waals surface area (Å²) >= 11 is 3.54. The Morgan fingerprint density at radius 3 is 2.60 bits per heavy atom. The van der Waals surface area contributed by atoms with Crippen molar-refractivity contribution in [3.63, 3.8) is 0 Å². The van der Waals surface area contributed by atoms with E-state index >= 15 is 0 Å². The van der Waals surface area contributed by atoms with Crippen molar-refractivity contribution in [1.29, 1.82) is 0 Å². The predicted molar refractivity (Wildman–Crippen MR) is 85.4 cm³/mol. The summed E-state index contributed by atoms with van der Waals surface area (Å²) in [6.07, 6.45) is 0.847. The van der Waals surface area contributed by atoms with Crippen molar-refractivity contribution < 1.29 is 4.74 Å². The van der Waals surface area contributed by atoms with Crippen molar-refractivity contribution in [2.75, 3.05) is 19.5 Å². The summed E-state index contributed by atoms with van der Waals surface area (Å²) in [5, 5.41) is 3.09. The van der Waals surface area contributed by atoms with Crippen LogP contribution in [0.2, 0.25) is 0 Å². The van der Waals surface area contributed by atoms with E-state index in [0.29, 0.717) is 0 Å². The average Bonchev–Trinajstić information content (AvgIpc) is 2.47. The zero-order chi connectivity index (χ0) is 14.7. The number of aryl methyl sites for hydroxylation is 2. The lowest BCUT2D eigenvalue weighted by Gasteiger charge is -2.11. The van der Waals surface area contributed by atoms with E-state index in [2.05, 4.69) is 38.1 Å². The minimum Gasteiger partial charge on any atom is -0.496 e. The molecule has 0 saturated carbocycles. The maximum Gasteiger partial charge on any atom is 0.161 e. The first kappa shape index (κ1) is 14.8. The lowest BCUT2D eigenvalue weighted by molar-refractivity contribution is 0.412. The number of anilines is 1. The quantitative estimate of drug-likeness (QED) is 0.922. The van der Waals surface area contributed by atoms with Gasteiger partial charge >= 0.3 is 0 Å². The molecule has 0 bridgehead atoms. The van der Waals surface area contributed by atoms with Gasteiger partial charge in [0.2, 0.25) is 0 Å². The summed E-state index contributed by atoms with van der Waals surface area (Å²) in [6.45, 7) is 4.09. The van der Waals surface area contributed by atoms with Crippen LogP contribution in [0.3, 0.4) is 0 Å². The molecule has 0 spiro atoms. The highest BCUT2D eigenvalue weighted by Gasteiger charge is 2.12. The van der Waals surface area contributed by atoms with Crippen molar-refractivity contribution in [2.45, 2.75) is 20.3 Å². The van der Waals surface area contributed by atoms with Crippen molar-refractivity contribution in [3.05, 3.63) is 33.9 Å². The minimum absolute atomic E-state index is 0.722. The Balaban J connectivity index is 2.54. The van der Waals surface area contributed by atoms with E-state index in [9.17, 15) is 0 Å². The van der Waals surface area contributed by atoms with Crippen molar-refractivity contribution in [1.82, 2.24) is 9.97 Å². The topological polar surface area (TPSA) is 47.0 Å². The summed E-state index contributed by atoms with van der Waals surface area (Å²) < 4.78 is 6.21. The molecule has 0 radical (unpaired) electrons. The molecule has 0 saturated heterocycles. The Morgan fingerprint density at radius 2 is 2.05 bits per heavy atom. The predicted octanol–water partition coefficient (Wildman–Crippen LogP) is 3.83. The Hall–Kier alpha value is -1.62. The smallest absolute Gasteiger partial charge is 0.161 e. The van der Waals surface area contributed by atoms with Crippen LogP contribution in [0.25, 0.3) is 11.4 Å². The van der Waals surface area contributed by atoms with Crippen LogP contribution in [0.15, 0.2) is 22.7 Å². The van der Waals surface area contributed by atoms with Gasteiger partial charge in [0.05, 0.1) is 17.3 Å². The number of rotatable bonds is 4. The highest BCUT2D eigenvalue weighted by atomic mass is 79.9. The van der Waals surface area contributed by atoms with E-state index in [-0.39, 0.29) is 0 Å². The molecule has 4 nitrogen and oxygen atoms in total. The van der Waals surface area contributed by atoms with E-state index in [0.717, 1.165) is 45.1 Å². The number of nitrogens with one attached hydrogen (secondary N) is 1. The molecular weight excluding hydrogens is 318 g/mol. The zero-order valence-corrected chi connectivity index (χ0v) is 13.7. The third-order valence-corrected chi connectivity index (χ3v) is 3.98. The Morgan fingerprint density at radius 1 is 1.30 bits per heavy atom. The van der Waals surface area contributed by atoms with Crippen LogP contribution in [-0.4, -0.2) is 24.1 Å². The van der Waals surface area contributed by atoms with Crippen molar-refractivity contribution in [3.8, 4) is 17.1 Å². The van der Waals surface area contributed by atoms with E-state index in [1.54, 1.807) is 7.11 Å². The second-order valence-corrected chi connectivity index (χ2v) is 5.24. The molecule has 0 unspecified atom stereocenters. The first-order valence-electron chi connectivity index (χ1n) is 6.49. The fourth-order valence-corrected chi connectivity index (χ4v) is 2.70. The minimum atomic E-state index is 0.722. The highest BCUT2D eigenvalue weighted by molar-refractivity contribution is 9.10. The average molecular weight is 336 g/mol. The largest absolute Gasteiger partial charge is 0.496 e. The van der Waals surface area contributed by atoms with Crippen LogP contribution in [0, 0.1) is 6.92 Å². The van der Waals surface area contributed by atoms with Gasteiger partial charge in [0, 0.05) is 12.6 Å². The molecule has 1 heterocycles. The normalized spacial score (nSPS) is 10.4. The van der Waals surface area contributed by atoms with Gasteiger partial charge in [0.25, 0.3) is 0 Å². The third kappa shape index (κ3) is 2.77. The molecule has 106 valence electrons. The Kier molecular flexibility index (Phi) is 4.60. The van der Waals surface area contributed by atoms with E-state index in [1.165, 1.54) is 0 Å². The Bertz CT molecular complexity index is 604. The molecule has 0 atom stereocenters. The summed E-state index contributed by atoms with van der Waals surface area (Å²) in [5.74, 6) is 2.40. The van der Waals surface area contributed by atoms with Gasteiger partial charge in [-0.3, -0.25) is 0 Å². The number of ether oxygens (including phenoxy) is 1. The van der Waals surface area contributed by atoms with Gasteiger partial charge in [-0.2, -0.15) is 0 Å². The lowest BCUT2D eigenvalue weighted by atomic mass is 10.1. The molecule has 1 aromatic heterocycles. The molecule has 0 aliphatic carbocycles. The van der Waals surface area contributed by atoms with Crippen LogP contribution in [0.4, 0.5) is 5.82 Å². The van der Waals surface area contributed by atoms with Gasteiger partial charge in [-0.05, 0) is 53.0 Å². The van der Waals surface area contributed by atoms with E-state index in [4.69, 9.17) is 4.74 Å². The maximum atomic E-state index is 5.28. The molecule has 2 rings (SSSR count). The molecule has 0 fully saturated rings. The summed E-state index contributed by atoms with van der Waals surface area (Å²) in [5.41, 5.74) is 3.05. The van der Waals surface area contributed by atoms with Crippen molar-refractivity contribution in [2.24, 2.45) is 0 Å². The first-order valence-corrected chi connectivity index (χ1v) is 7.29. The van der Waals surface area contributed by atoms with Gasteiger partial charge in [-0.25, -0.2) is 9.97 Å². The molecule has 2 aromatic rings. The van der Waals surface area contributed by atoms with Crippen LogP contribution in [0.5, 0.6) is 5.75 Å². The number of aromatic nitrogens is 2. The van der Waals surface area contributed by atoms with E-state index < -0.39 is 0 Å². The van der Waals surface area contributed by atoms with E-state index in [1.807, 2.05) is 32.2 Å². The first-order chi connectivity index (χ1) is 9.60. The second-order valence-electron chi connectivity index (χ2n) is 4.44. The van der Waals surface area contributed by atoms with Crippen LogP contribution in [-0.2, 0) is 6.42 Å². The van der Waals surface area contributed by atoms with Gasteiger partial charge in [-0.1, -0.05) is 6.92 Å². The van der Waals surface area contributed by atoms with Crippen LogP contribution < -0.4 is 10.1 Å². The number of benzene rings is 1. The highest BCUT2D eigenvalue weighted by Crippen LogP contribution is 2.29. The molecular formula is C15H18BrN3O. The lowest BCUT2D eigenvalue weighted by Crippen LogP contribution is -2.03. The summed E-state index contributed by atoms with van der Waals surface area (Å²) in [6, 6.07) is 5.97. The third-order valence-electron chi connectivity index (χ3n) is 3.14. The summed E-state index contributed by atoms with van der Waals surface area (Å²) in [4.78, 5) is 9.18. The zero-order valence-electron chi connectivity index (χ0n) is 12.1. The van der Waals surface area contributed by atoms with Gasteiger partial charge in [0.1, 0.15) is 11.6 Å². The molecule has 0 amide bonds. The van der Waals surface area contributed by atoms with Crippen molar-refractivity contribution >= 4 is 21.7 Å². The number of hydrogen-bond donors (Lipinski definition) is 1. The molecule has 20 heavy (non-hydrogen) atoms. The molecule has 5 heteroatoms. The fourth-order valence-electron chi connectivity index (χ4n) is 2.04. The monoisotopic (exact) mass is 335 g/mol. The summed E-state index contributed by atoms with van der Waals surface area (Å²) in [7, 11) is 3.53. The molecule has 0 aliphatic rings. The molecule has 1 aromatic carbocycles. The van der Waals surface area contributed by atoms with Gasteiger partial charge < -0.3 is 10.1 Å². The van der Waals surface area contributed by atoms with Crippen LogP contribution >= 0.6 is 15.9 Å². The van der Waals surface area contributed by atoms with Gasteiger partial charge in [-0.15, -0.1) is 0 Å². The van der Waals surface area contributed by atoms with Crippen LogP contribution in [0.1, 0.15) is 18.2 Å². The van der Waals surface area contributed by atoms with Gasteiger partial charge in [0.15, 0.2) is 5.82 Å². The number of methoxy groups -OCH3 is 1. The number of hydrogen-bond acceptors (Lipinski definition) is 4. The Labute approximate surface area is 127 Å². The molecule has 1 N–H and O–H groups in total. The molecule has 0 aliphatic heterocycles. The second kappa shape index (κ2) is 6.22. The SMILES string of the molecule is CCc1nc(-c2ccc(OC)c(C)c2)nc(NC)c1Br. The number of halogens is 1.